The van der Waals surface area contributed by atoms with Gasteiger partial charge in [0.25, 0.3) is 5.91 Å². The lowest BCUT2D eigenvalue weighted by Gasteiger charge is -2.38. The van der Waals surface area contributed by atoms with Crippen LogP contribution < -0.4 is 15.8 Å². The zero-order valence-corrected chi connectivity index (χ0v) is 19.7. The number of aryl methyl sites for hydroxylation is 1. The van der Waals surface area contributed by atoms with Crippen LogP contribution in [0.1, 0.15) is 40.8 Å². The smallest absolute Gasteiger partial charge is 0.251 e. The molecule has 3 atom stereocenters. The summed E-state index contributed by atoms with van der Waals surface area (Å²) >= 11 is 0. The van der Waals surface area contributed by atoms with Gasteiger partial charge in [0, 0.05) is 25.2 Å². The van der Waals surface area contributed by atoms with Crippen molar-refractivity contribution >= 4 is 23.4 Å². The molecule has 0 radical (unpaired) electrons. The Kier molecular flexibility index (Phi) is 6.70. The zero-order valence-electron chi connectivity index (χ0n) is 19.7. The molecule has 0 saturated carbocycles. The van der Waals surface area contributed by atoms with E-state index in [0.717, 1.165) is 24.6 Å². The van der Waals surface area contributed by atoms with E-state index in [9.17, 15) is 14.4 Å². The van der Waals surface area contributed by atoms with Crippen LogP contribution in [0.2, 0.25) is 0 Å². The minimum absolute atomic E-state index is 0.112. The minimum Gasteiger partial charge on any atom is -0.465 e. The second kappa shape index (κ2) is 10.1. The number of anilines is 1. The number of furan rings is 1. The van der Waals surface area contributed by atoms with Crippen molar-refractivity contribution in [3.05, 3.63) is 65.6 Å². The molecule has 0 spiro atoms. The van der Waals surface area contributed by atoms with Crippen LogP contribution in [0.15, 0.2) is 53.0 Å². The Bertz CT molecular complexity index is 1140. The van der Waals surface area contributed by atoms with Crippen LogP contribution in [0.5, 0.6) is 0 Å². The fourth-order valence-electron chi connectivity index (χ4n) is 4.99. The van der Waals surface area contributed by atoms with E-state index in [2.05, 4.69) is 15.6 Å². The molecule has 3 heterocycles. The summed E-state index contributed by atoms with van der Waals surface area (Å²) in [4.78, 5) is 41.0. The molecule has 2 aromatic rings. The molecule has 1 aromatic carbocycles. The van der Waals surface area contributed by atoms with Crippen LogP contribution in [0.3, 0.4) is 0 Å². The number of fused-ring (bicyclic) bond motifs is 1. The molecular weight excluding hydrogens is 448 g/mol. The zero-order chi connectivity index (χ0) is 24.4. The van der Waals surface area contributed by atoms with Gasteiger partial charge in [-0.15, -0.1) is 0 Å². The number of carbonyl (C=O) groups is 3. The highest BCUT2D eigenvalue weighted by Crippen LogP contribution is 2.32. The van der Waals surface area contributed by atoms with Crippen molar-refractivity contribution in [1.82, 2.24) is 15.6 Å². The average molecular weight is 479 g/mol. The summed E-state index contributed by atoms with van der Waals surface area (Å²) in [5.74, 6) is 0.322. The molecule has 2 fully saturated rings. The first-order valence-corrected chi connectivity index (χ1v) is 12.1. The predicted molar refractivity (Wildman–Crippen MR) is 128 cm³/mol. The first-order chi connectivity index (χ1) is 17.0. The Hall–Kier alpha value is -3.43. The molecule has 35 heavy (non-hydrogen) atoms. The number of nitrogens with one attached hydrogen (secondary N) is 2. The molecule has 3 amide bonds. The molecule has 5 rings (SSSR count). The maximum Gasteiger partial charge on any atom is 0.251 e. The van der Waals surface area contributed by atoms with Crippen LogP contribution in [0.25, 0.3) is 0 Å². The Morgan fingerprint density at radius 2 is 1.89 bits per heavy atom. The van der Waals surface area contributed by atoms with Crippen molar-refractivity contribution in [2.75, 3.05) is 37.9 Å². The summed E-state index contributed by atoms with van der Waals surface area (Å²) in [5, 5.41) is 4.30. The third-order valence-corrected chi connectivity index (χ3v) is 6.93. The topological polar surface area (TPSA) is 104 Å². The summed E-state index contributed by atoms with van der Waals surface area (Å²) in [7, 11) is 0. The summed E-state index contributed by atoms with van der Waals surface area (Å²) in [6.45, 7) is 5.05. The van der Waals surface area contributed by atoms with Crippen molar-refractivity contribution in [2.24, 2.45) is 11.8 Å². The molecule has 1 aliphatic carbocycles. The van der Waals surface area contributed by atoms with E-state index >= 15 is 0 Å². The summed E-state index contributed by atoms with van der Waals surface area (Å²) < 4.78 is 11.4. The van der Waals surface area contributed by atoms with Crippen LogP contribution in [-0.2, 0) is 14.3 Å². The van der Waals surface area contributed by atoms with Crippen molar-refractivity contribution in [3.8, 4) is 0 Å². The van der Waals surface area contributed by atoms with Crippen molar-refractivity contribution < 1.29 is 23.5 Å². The molecule has 9 nitrogen and oxygen atoms in total. The number of allylic oxidation sites excluding steroid dienone is 2. The SMILES string of the molecule is Cc1ccc(C(CNC(=O)c2cccc(N3NC(=O)C4CC=CCC4C3=O)c2)N2CCOCC2)o1. The Labute approximate surface area is 204 Å². The summed E-state index contributed by atoms with van der Waals surface area (Å²) in [6.07, 6.45) is 5.01. The van der Waals surface area contributed by atoms with Crippen LogP contribution in [0, 0.1) is 18.8 Å². The number of hydrogen-bond donors (Lipinski definition) is 2. The third kappa shape index (κ3) is 4.87. The van der Waals surface area contributed by atoms with Gasteiger partial charge in [-0.25, -0.2) is 5.01 Å². The lowest BCUT2D eigenvalue weighted by atomic mass is 9.80. The van der Waals surface area contributed by atoms with E-state index in [1.165, 1.54) is 5.01 Å². The fourth-order valence-corrected chi connectivity index (χ4v) is 4.99. The van der Waals surface area contributed by atoms with Crippen molar-refractivity contribution in [1.29, 1.82) is 0 Å². The highest BCUT2D eigenvalue weighted by atomic mass is 16.5. The second-order valence-corrected chi connectivity index (χ2v) is 9.18. The maximum atomic E-state index is 13.1. The van der Waals surface area contributed by atoms with Gasteiger partial charge in [0.1, 0.15) is 11.5 Å². The van der Waals surface area contributed by atoms with E-state index in [4.69, 9.17) is 9.15 Å². The van der Waals surface area contributed by atoms with E-state index in [1.807, 2.05) is 31.2 Å². The summed E-state index contributed by atoms with van der Waals surface area (Å²) in [6, 6.07) is 10.5. The molecule has 3 aliphatic rings. The second-order valence-electron chi connectivity index (χ2n) is 9.18. The Morgan fingerprint density at radius 3 is 2.63 bits per heavy atom. The van der Waals surface area contributed by atoms with Crippen LogP contribution in [0.4, 0.5) is 5.69 Å². The summed E-state index contributed by atoms with van der Waals surface area (Å²) in [5.41, 5.74) is 3.59. The van der Waals surface area contributed by atoms with Gasteiger partial charge >= 0.3 is 0 Å². The highest BCUT2D eigenvalue weighted by molar-refractivity contribution is 6.05. The lowest BCUT2D eigenvalue weighted by molar-refractivity contribution is -0.139. The van der Waals surface area contributed by atoms with E-state index in [-0.39, 0.29) is 35.6 Å². The normalized spacial score (nSPS) is 23.5. The monoisotopic (exact) mass is 478 g/mol. The number of morpholine rings is 1. The minimum atomic E-state index is -0.378. The van der Waals surface area contributed by atoms with Crippen molar-refractivity contribution in [3.63, 3.8) is 0 Å². The number of rotatable bonds is 6. The van der Waals surface area contributed by atoms with E-state index in [0.29, 0.717) is 43.9 Å². The molecule has 2 N–H and O–H groups in total. The van der Waals surface area contributed by atoms with Gasteiger partial charge in [-0.3, -0.25) is 24.7 Å². The van der Waals surface area contributed by atoms with E-state index < -0.39 is 0 Å². The lowest BCUT2D eigenvalue weighted by Crippen LogP contribution is -2.59. The number of amides is 3. The van der Waals surface area contributed by atoms with Gasteiger partial charge in [0.05, 0.1) is 36.8 Å². The largest absolute Gasteiger partial charge is 0.465 e. The van der Waals surface area contributed by atoms with Crippen LogP contribution in [-0.4, -0.2) is 55.5 Å². The van der Waals surface area contributed by atoms with Gasteiger partial charge in [-0.2, -0.15) is 0 Å². The van der Waals surface area contributed by atoms with Gasteiger partial charge in [-0.1, -0.05) is 18.2 Å². The predicted octanol–water partition coefficient (Wildman–Crippen LogP) is 2.35. The highest BCUT2D eigenvalue weighted by Gasteiger charge is 2.42. The van der Waals surface area contributed by atoms with Crippen molar-refractivity contribution in [2.45, 2.75) is 25.8 Å². The maximum absolute atomic E-state index is 13.1. The van der Waals surface area contributed by atoms with Gasteiger partial charge in [0.15, 0.2) is 0 Å². The van der Waals surface area contributed by atoms with Gasteiger partial charge in [-0.05, 0) is 50.1 Å². The van der Waals surface area contributed by atoms with Gasteiger partial charge in [0.2, 0.25) is 11.8 Å². The molecule has 9 heteroatoms. The Morgan fingerprint density at radius 1 is 1.11 bits per heavy atom. The number of ether oxygens (including phenoxy) is 1. The first kappa shape index (κ1) is 23.3. The standard InChI is InChI=1S/C26H30N4O5/c1-17-9-10-23(35-17)22(29-11-13-34-14-12-29)16-27-24(31)18-5-4-6-19(15-18)30-26(33)21-8-3-2-7-20(21)25(32)28-30/h2-6,9-10,15,20-22H,7-8,11-14,16H2,1H3,(H,27,31)(H,28,32). The number of nitrogens with zero attached hydrogens (tertiary/aromatic N) is 2. The fraction of sp³-hybridized carbons (Fsp3) is 0.423. The van der Waals surface area contributed by atoms with Gasteiger partial charge < -0.3 is 14.5 Å². The van der Waals surface area contributed by atoms with E-state index in [1.54, 1.807) is 24.3 Å². The molecule has 1 aromatic heterocycles. The molecule has 3 unspecified atom stereocenters. The molecule has 0 bridgehead atoms. The number of benzene rings is 1. The number of hydrogen-bond acceptors (Lipinski definition) is 6. The molecule has 2 saturated heterocycles. The third-order valence-electron chi connectivity index (χ3n) is 6.93. The van der Waals surface area contributed by atoms with Crippen LogP contribution >= 0.6 is 0 Å². The molecular formula is C26H30N4O5. The Balaban J connectivity index is 1.30. The average Bonchev–Trinajstić information content (AvgIpc) is 3.32. The number of hydrazine groups is 1. The first-order valence-electron chi connectivity index (χ1n) is 12.1. The quantitative estimate of drug-likeness (QED) is 0.618. The number of carbonyl (C=O) groups excluding carboxylic acids is 3. The molecule has 2 aliphatic heterocycles. The molecule has 184 valence electrons.